The topological polar surface area (TPSA) is 48.5 Å². The van der Waals surface area contributed by atoms with Gasteiger partial charge in [-0.05, 0) is 56.0 Å². The summed E-state index contributed by atoms with van der Waals surface area (Å²) in [5.74, 6) is 1.74. The number of anilines is 1. The van der Waals surface area contributed by atoms with Crippen molar-refractivity contribution in [2.24, 2.45) is 10.9 Å². The number of piperidine rings is 1. The van der Waals surface area contributed by atoms with Gasteiger partial charge in [-0.2, -0.15) is 0 Å². The van der Waals surface area contributed by atoms with E-state index in [0.29, 0.717) is 0 Å². The van der Waals surface area contributed by atoms with E-state index >= 15 is 0 Å². The highest BCUT2D eigenvalue weighted by molar-refractivity contribution is 5.94. The molecule has 1 aromatic rings. The van der Waals surface area contributed by atoms with Crippen molar-refractivity contribution in [2.75, 3.05) is 31.5 Å². The van der Waals surface area contributed by atoms with Crippen LogP contribution in [0.5, 0.6) is 0 Å². The molecule has 0 unspecified atom stereocenters. The van der Waals surface area contributed by atoms with Crippen molar-refractivity contribution < 1.29 is 0 Å². The smallest absolute Gasteiger partial charge is 0.195 e. The minimum atomic E-state index is 0. The first-order valence-electron chi connectivity index (χ1n) is 7.25. The van der Waals surface area contributed by atoms with E-state index in [-0.39, 0.29) is 12.4 Å². The Morgan fingerprint density at radius 1 is 1.10 bits per heavy atom. The summed E-state index contributed by atoms with van der Waals surface area (Å²) >= 11 is 0. The highest BCUT2D eigenvalue weighted by atomic mass is 35.5. The van der Waals surface area contributed by atoms with Gasteiger partial charge in [-0.1, -0.05) is 12.1 Å². The zero-order valence-electron chi connectivity index (χ0n) is 11.7. The lowest BCUT2D eigenvalue weighted by molar-refractivity contribution is 0.372. The van der Waals surface area contributed by atoms with E-state index in [1.165, 1.54) is 37.9 Å². The van der Waals surface area contributed by atoms with Gasteiger partial charge in [0.25, 0.3) is 0 Å². The zero-order valence-corrected chi connectivity index (χ0v) is 12.5. The molecule has 0 aromatic heterocycles. The molecule has 2 aliphatic heterocycles. The van der Waals surface area contributed by atoms with E-state index in [4.69, 9.17) is 0 Å². The molecule has 1 saturated heterocycles. The van der Waals surface area contributed by atoms with Crippen LogP contribution in [0.1, 0.15) is 18.4 Å². The van der Waals surface area contributed by atoms with Crippen molar-refractivity contribution in [1.82, 2.24) is 10.6 Å². The third-order valence-electron chi connectivity index (χ3n) is 3.87. The van der Waals surface area contributed by atoms with E-state index in [1.807, 2.05) is 0 Å². The summed E-state index contributed by atoms with van der Waals surface area (Å²) < 4.78 is 0. The summed E-state index contributed by atoms with van der Waals surface area (Å²) in [5.41, 5.74) is 2.56. The lowest BCUT2D eigenvalue weighted by atomic mass is 9.91. The number of hydrogen-bond acceptors (Lipinski definition) is 4. The Kier molecular flexibility index (Phi) is 5.68. The molecule has 3 rings (SSSR count). The highest BCUT2D eigenvalue weighted by Crippen LogP contribution is 2.19. The van der Waals surface area contributed by atoms with Gasteiger partial charge in [0.2, 0.25) is 0 Å². The second-order valence-corrected chi connectivity index (χ2v) is 5.38. The Labute approximate surface area is 126 Å². The number of halogens is 1. The van der Waals surface area contributed by atoms with Crippen LogP contribution in [0.25, 0.3) is 0 Å². The first kappa shape index (κ1) is 15.1. The fourth-order valence-electron chi connectivity index (χ4n) is 2.76. The molecule has 4 nitrogen and oxygen atoms in total. The number of rotatable bonds is 3. The summed E-state index contributed by atoms with van der Waals surface area (Å²) in [6, 6.07) is 8.78. The molecule has 0 amide bonds. The summed E-state index contributed by atoms with van der Waals surface area (Å²) in [6.07, 6.45) is 3.82. The van der Waals surface area contributed by atoms with Crippen LogP contribution in [0.2, 0.25) is 0 Å². The average Bonchev–Trinajstić information content (AvgIpc) is 2.95. The summed E-state index contributed by atoms with van der Waals surface area (Å²) in [7, 11) is 0. The first-order valence-corrected chi connectivity index (χ1v) is 7.25. The average molecular weight is 295 g/mol. The van der Waals surface area contributed by atoms with Crippen LogP contribution < -0.4 is 16.0 Å². The maximum Gasteiger partial charge on any atom is 0.195 e. The molecule has 3 N–H and O–H groups in total. The summed E-state index contributed by atoms with van der Waals surface area (Å²) in [6.45, 7) is 4.16. The monoisotopic (exact) mass is 294 g/mol. The van der Waals surface area contributed by atoms with E-state index < -0.39 is 0 Å². The number of nitrogens with one attached hydrogen (secondary N) is 3. The van der Waals surface area contributed by atoms with Crippen LogP contribution in [-0.2, 0) is 6.42 Å². The standard InChI is InChI=1S/C15H22N4.ClH/c1-3-14(19-15-17-9-10-18-15)4-2-12(1)11-13-5-7-16-8-6-13;/h1-4,13,16H,5-11H2,(H2,17,18,19);1H. The van der Waals surface area contributed by atoms with Crippen LogP contribution in [0.4, 0.5) is 5.69 Å². The number of guanidine groups is 1. The van der Waals surface area contributed by atoms with Gasteiger partial charge in [-0.25, -0.2) is 0 Å². The molecule has 2 aliphatic rings. The minimum absolute atomic E-state index is 0. The molecular formula is C15H23ClN4. The molecule has 2 heterocycles. The molecule has 110 valence electrons. The molecule has 20 heavy (non-hydrogen) atoms. The largest absolute Gasteiger partial charge is 0.354 e. The molecule has 0 saturated carbocycles. The van der Waals surface area contributed by atoms with Crippen LogP contribution in [0.15, 0.2) is 29.3 Å². The van der Waals surface area contributed by atoms with Crippen LogP contribution in [-0.4, -0.2) is 32.1 Å². The molecule has 0 bridgehead atoms. The molecule has 1 aromatic carbocycles. The minimum Gasteiger partial charge on any atom is -0.354 e. The van der Waals surface area contributed by atoms with Gasteiger partial charge in [0, 0.05) is 12.2 Å². The van der Waals surface area contributed by atoms with Crippen molar-refractivity contribution in [1.29, 1.82) is 0 Å². The molecule has 0 aliphatic carbocycles. The second kappa shape index (κ2) is 7.50. The third kappa shape index (κ3) is 4.12. The van der Waals surface area contributed by atoms with Crippen molar-refractivity contribution >= 4 is 24.1 Å². The SMILES string of the molecule is Cl.c1cc(NC2=NCCN2)ccc1CC1CCNCC1. The Balaban J connectivity index is 0.00000147. The predicted octanol–water partition coefficient (Wildman–Crippen LogP) is 2.02. The number of hydrogen-bond donors (Lipinski definition) is 3. The van der Waals surface area contributed by atoms with Crippen LogP contribution >= 0.6 is 12.4 Å². The highest BCUT2D eigenvalue weighted by Gasteiger charge is 2.13. The summed E-state index contributed by atoms with van der Waals surface area (Å²) in [4.78, 5) is 4.33. The van der Waals surface area contributed by atoms with E-state index in [9.17, 15) is 0 Å². The molecule has 0 spiro atoms. The van der Waals surface area contributed by atoms with Gasteiger partial charge in [0.15, 0.2) is 5.96 Å². The maximum atomic E-state index is 4.33. The fraction of sp³-hybridized carbons (Fsp3) is 0.533. The zero-order chi connectivity index (χ0) is 12.9. The van der Waals surface area contributed by atoms with Gasteiger partial charge in [0.1, 0.15) is 0 Å². The van der Waals surface area contributed by atoms with Gasteiger partial charge in [-0.15, -0.1) is 12.4 Å². The van der Waals surface area contributed by atoms with Gasteiger partial charge in [0.05, 0.1) is 6.54 Å². The van der Waals surface area contributed by atoms with E-state index in [0.717, 1.165) is 30.7 Å². The summed E-state index contributed by atoms with van der Waals surface area (Å²) in [5, 5.41) is 9.94. The number of nitrogens with zero attached hydrogens (tertiary/aromatic N) is 1. The molecule has 0 atom stereocenters. The first-order chi connectivity index (χ1) is 9.40. The normalized spacial score (nSPS) is 18.9. The van der Waals surface area contributed by atoms with Crippen LogP contribution in [0.3, 0.4) is 0 Å². The lowest BCUT2D eigenvalue weighted by Crippen LogP contribution is -2.28. The number of aliphatic imine (C=N–C) groups is 1. The van der Waals surface area contributed by atoms with E-state index in [2.05, 4.69) is 45.2 Å². The van der Waals surface area contributed by atoms with Crippen molar-refractivity contribution in [3.63, 3.8) is 0 Å². The van der Waals surface area contributed by atoms with Crippen LogP contribution in [0, 0.1) is 5.92 Å². The maximum absolute atomic E-state index is 4.33. The van der Waals surface area contributed by atoms with Crippen molar-refractivity contribution in [2.45, 2.75) is 19.3 Å². The third-order valence-corrected chi connectivity index (χ3v) is 3.87. The Morgan fingerprint density at radius 3 is 2.50 bits per heavy atom. The lowest BCUT2D eigenvalue weighted by Gasteiger charge is -2.22. The van der Waals surface area contributed by atoms with E-state index in [1.54, 1.807) is 0 Å². The second-order valence-electron chi connectivity index (χ2n) is 5.38. The Bertz CT molecular complexity index is 438. The van der Waals surface area contributed by atoms with Crippen molar-refractivity contribution in [3.05, 3.63) is 29.8 Å². The quantitative estimate of drug-likeness (QED) is 0.799. The molecule has 5 heteroatoms. The fourth-order valence-corrected chi connectivity index (χ4v) is 2.76. The predicted molar refractivity (Wildman–Crippen MR) is 86.9 cm³/mol. The molecule has 1 fully saturated rings. The van der Waals surface area contributed by atoms with Gasteiger partial charge < -0.3 is 16.0 Å². The number of benzene rings is 1. The Hall–Kier alpha value is -1.26. The van der Waals surface area contributed by atoms with Gasteiger partial charge in [-0.3, -0.25) is 4.99 Å². The Morgan fingerprint density at radius 2 is 1.85 bits per heavy atom. The van der Waals surface area contributed by atoms with Gasteiger partial charge >= 0.3 is 0 Å². The molecule has 0 radical (unpaired) electrons. The van der Waals surface area contributed by atoms with Crippen molar-refractivity contribution in [3.8, 4) is 0 Å². The molecular weight excluding hydrogens is 272 g/mol.